The first-order valence-electron chi connectivity index (χ1n) is 9.86. The van der Waals surface area contributed by atoms with Crippen molar-refractivity contribution in [2.75, 3.05) is 6.54 Å². The van der Waals surface area contributed by atoms with Crippen LogP contribution in [0.1, 0.15) is 16.7 Å². The van der Waals surface area contributed by atoms with Gasteiger partial charge < -0.3 is 4.74 Å². The van der Waals surface area contributed by atoms with E-state index in [2.05, 4.69) is 12.1 Å². The molecule has 0 bridgehead atoms. The van der Waals surface area contributed by atoms with Crippen LogP contribution >= 0.6 is 35.6 Å². The van der Waals surface area contributed by atoms with Gasteiger partial charge in [0.1, 0.15) is 16.7 Å². The lowest BCUT2D eigenvalue weighted by Crippen LogP contribution is -2.30. The number of amides is 1. The Morgan fingerprint density at radius 3 is 2.48 bits per heavy atom. The predicted molar refractivity (Wildman–Crippen MR) is 132 cm³/mol. The molecule has 0 aliphatic carbocycles. The summed E-state index contributed by atoms with van der Waals surface area (Å²) in [5.74, 6) is 0.629. The lowest BCUT2D eigenvalue weighted by molar-refractivity contribution is -0.122. The summed E-state index contributed by atoms with van der Waals surface area (Å²) in [5.41, 5.74) is 2.92. The van der Waals surface area contributed by atoms with Gasteiger partial charge in [-0.3, -0.25) is 9.69 Å². The topological polar surface area (TPSA) is 29.5 Å². The summed E-state index contributed by atoms with van der Waals surface area (Å²) >= 11 is 13.0. The van der Waals surface area contributed by atoms with Gasteiger partial charge in [0.05, 0.1) is 4.91 Å². The number of thiocarbonyl (C=S) groups is 1. The van der Waals surface area contributed by atoms with Crippen molar-refractivity contribution in [3.8, 4) is 5.75 Å². The average Bonchev–Trinajstić information content (AvgIpc) is 3.05. The van der Waals surface area contributed by atoms with Crippen LogP contribution in [0.25, 0.3) is 6.08 Å². The highest BCUT2D eigenvalue weighted by molar-refractivity contribution is 8.26. The molecule has 0 radical (unpaired) electrons. The fourth-order valence-corrected chi connectivity index (χ4v) is 4.71. The molecule has 0 aromatic heterocycles. The molecule has 156 valence electrons. The van der Waals surface area contributed by atoms with Crippen molar-refractivity contribution in [1.82, 2.24) is 4.90 Å². The van der Waals surface area contributed by atoms with Gasteiger partial charge in [0.2, 0.25) is 0 Å². The lowest BCUT2D eigenvalue weighted by Gasteiger charge is -2.14. The van der Waals surface area contributed by atoms with Gasteiger partial charge in [-0.05, 0) is 30.2 Å². The molecule has 1 aliphatic heterocycles. The third kappa shape index (κ3) is 5.37. The fourth-order valence-electron chi connectivity index (χ4n) is 3.22. The van der Waals surface area contributed by atoms with Crippen molar-refractivity contribution in [1.29, 1.82) is 0 Å². The summed E-state index contributed by atoms with van der Waals surface area (Å²) in [6.45, 7) is 0.916. The van der Waals surface area contributed by atoms with Crippen LogP contribution in [0.4, 0.5) is 0 Å². The fraction of sp³-hybridized carbons (Fsp3) is 0.120. The summed E-state index contributed by atoms with van der Waals surface area (Å²) in [6.07, 6.45) is 2.61. The van der Waals surface area contributed by atoms with Crippen molar-refractivity contribution in [2.24, 2.45) is 0 Å². The Morgan fingerprint density at radius 2 is 1.68 bits per heavy atom. The largest absolute Gasteiger partial charge is 0.488 e. The third-order valence-corrected chi connectivity index (χ3v) is 6.63. The third-order valence-electron chi connectivity index (χ3n) is 4.89. The normalized spacial score (nSPS) is 15.0. The van der Waals surface area contributed by atoms with Crippen LogP contribution in [-0.4, -0.2) is 21.7 Å². The number of para-hydroxylation sites is 1. The monoisotopic (exact) mass is 465 g/mol. The predicted octanol–water partition coefficient (Wildman–Crippen LogP) is 6.36. The van der Waals surface area contributed by atoms with Crippen molar-refractivity contribution >= 4 is 51.9 Å². The lowest BCUT2D eigenvalue weighted by atomic mass is 10.1. The molecule has 0 spiro atoms. The number of halogens is 1. The van der Waals surface area contributed by atoms with Gasteiger partial charge in [0.15, 0.2) is 0 Å². The molecule has 31 heavy (non-hydrogen) atoms. The number of carbonyl (C=O) groups excluding carboxylic acids is 1. The van der Waals surface area contributed by atoms with Crippen molar-refractivity contribution in [3.63, 3.8) is 0 Å². The van der Waals surface area contributed by atoms with Gasteiger partial charge >= 0.3 is 0 Å². The Kier molecular flexibility index (Phi) is 7.07. The van der Waals surface area contributed by atoms with Crippen molar-refractivity contribution < 1.29 is 9.53 Å². The molecule has 6 heteroatoms. The molecule has 0 atom stereocenters. The maximum Gasteiger partial charge on any atom is 0.266 e. The molecule has 0 saturated carbocycles. The van der Waals surface area contributed by atoms with Crippen molar-refractivity contribution in [2.45, 2.75) is 13.0 Å². The van der Waals surface area contributed by atoms with E-state index in [9.17, 15) is 4.79 Å². The molecular formula is C25H20ClNO2S2. The SMILES string of the molecule is O=C1C(=Cc2ccccc2OCc2ccccc2Cl)SC(=S)N1CCc1ccccc1. The zero-order valence-electron chi connectivity index (χ0n) is 16.7. The summed E-state index contributed by atoms with van der Waals surface area (Å²) < 4.78 is 6.60. The molecule has 3 aromatic carbocycles. The maximum atomic E-state index is 13.0. The Balaban J connectivity index is 1.47. The van der Waals surface area contributed by atoms with Crippen LogP contribution in [0.15, 0.2) is 83.8 Å². The molecule has 1 amide bonds. The molecule has 0 N–H and O–H groups in total. The highest BCUT2D eigenvalue weighted by Crippen LogP contribution is 2.34. The maximum absolute atomic E-state index is 13.0. The van der Waals surface area contributed by atoms with Crippen molar-refractivity contribution in [3.05, 3.63) is 105 Å². The molecule has 1 aliphatic rings. The second kappa shape index (κ2) is 10.1. The number of rotatable bonds is 7. The van der Waals surface area contributed by atoms with Crippen LogP contribution in [0.3, 0.4) is 0 Å². The Morgan fingerprint density at radius 1 is 0.968 bits per heavy atom. The van der Waals surface area contributed by atoms with E-state index in [-0.39, 0.29) is 5.91 Å². The molecule has 4 rings (SSSR count). The number of thioether (sulfide) groups is 1. The smallest absolute Gasteiger partial charge is 0.266 e. The first kappa shape index (κ1) is 21.6. The zero-order valence-corrected chi connectivity index (χ0v) is 19.1. The van der Waals surface area contributed by atoms with Crippen LogP contribution < -0.4 is 4.74 Å². The molecule has 0 unspecified atom stereocenters. The number of nitrogens with zero attached hydrogens (tertiary/aromatic N) is 1. The average molecular weight is 466 g/mol. The van der Waals surface area contributed by atoms with Gasteiger partial charge in [-0.2, -0.15) is 0 Å². The molecule has 3 aromatic rings. The van der Waals surface area contributed by atoms with E-state index in [0.29, 0.717) is 33.1 Å². The summed E-state index contributed by atoms with van der Waals surface area (Å²) in [7, 11) is 0. The van der Waals surface area contributed by atoms with Crippen LogP contribution in [0, 0.1) is 0 Å². The van der Waals surface area contributed by atoms with E-state index in [1.165, 1.54) is 17.3 Å². The number of ether oxygens (including phenoxy) is 1. The second-order valence-corrected chi connectivity index (χ2v) is 9.07. The molecule has 1 heterocycles. The molecule has 1 saturated heterocycles. The van der Waals surface area contributed by atoms with Gasteiger partial charge in [-0.15, -0.1) is 0 Å². The van der Waals surface area contributed by atoms with Crippen LogP contribution in [0.5, 0.6) is 5.75 Å². The van der Waals surface area contributed by atoms with E-state index in [0.717, 1.165) is 17.5 Å². The van der Waals surface area contributed by atoms with Gasteiger partial charge in [-0.25, -0.2) is 0 Å². The first-order valence-corrected chi connectivity index (χ1v) is 11.5. The van der Waals surface area contributed by atoms with E-state index < -0.39 is 0 Å². The quantitative estimate of drug-likeness (QED) is 0.300. The number of hydrogen-bond donors (Lipinski definition) is 0. The minimum Gasteiger partial charge on any atom is -0.488 e. The van der Waals surface area contributed by atoms with Crippen LogP contribution in [0.2, 0.25) is 5.02 Å². The van der Waals surface area contributed by atoms with E-state index in [1.807, 2.05) is 72.8 Å². The van der Waals surface area contributed by atoms with E-state index in [4.69, 9.17) is 28.6 Å². The van der Waals surface area contributed by atoms with Gasteiger partial charge in [-0.1, -0.05) is 102 Å². The molecule has 3 nitrogen and oxygen atoms in total. The summed E-state index contributed by atoms with van der Waals surface area (Å²) in [5, 5.41) is 0.666. The number of carbonyl (C=O) groups is 1. The molecular weight excluding hydrogens is 446 g/mol. The van der Waals surface area contributed by atoms with E-state index in [1.54, 1.807) is 4.90 Å². The highest BCUT2D eigenvalue weighted by Gasteiger charge is 2.31. The van der Waals surface area contributed by atoms with Crippen LogP contribution in [-0.2, 0) is 17.8 Å². The molecule has 1 fully saturated rings. The van der Waals surface area contributed by atoms with Gasteiger partial charge in [0.25, 0.3) is 5.91 Å². The Bertz CT molecular complexity index is 1130. The summed E-state index contributed by atoms with van der Waals surface area (Å²) in [6, 6.07) is 25.3. The highest BCUT2D eigenvalue weighted by atomic mass is 35.5. The standard InChI is InChI=1S/C25H20ClNO2S2/c26-21-12-6-4-11-20(21)17-29-22-13-7-5-10-19(22)16-23-24(28)27(25(30)31-23)15-14-18-8-2-1-3-9-18/h1-13,16H,14-15,17H2. The first-order chi connectivity index (χ1) is 15.1. The van der Waals surface area contributed by atoms with Gasteiger partial charge in [0, 0.05) is 22.7 Å². The zero-order chi connectivity index (χ0) is 21.6. The Labute approximate surface area is 196 Å². The Hall–Kier alpha value is -2.60. The minimum absolute atomic E-state index is 0.0631. The summed E-state index contributed by atoms with van der Waals surface area (Å²) in [4.78, 5) is 15.2. The number of benzene rings is 3. The van der Waals surface area contributed by atoms with E-state index >= 15 is 0 Å². The second-order valence-electron chi connectivity index (χ2n) is 6.99. The number of hydrogen-bond acceptors (Lipinski definition) is 4. The minimum atomic E-state index is -0.0631.